The molecule has 2 N–H and O–H groups in total. The van der Waals surface area contributed by atoms with Crippen molar-refractivity contribution in [2.24, 2.45) is 0 Å². The quantitative estimate of drug-likeness (QED) is 0.859. The molecule has 3 nitrogen and oxygen atoms in total. The van der Waals surface area contributed by atoms with Gasteiger partial charge in [-0.3, -0.25) is 0 Å². The van der Waals surface area contributed by atoms with E-state index in [2.05, 4.69) is 37.8 Å². The summed E-state index contributed by atoms with van der Waals surface area (Å²) in [7, 11) is 0. The molecule has 0 amide bonds. The predicted molar refractivity (Wildman–Crippen MR) is 79.5 cm³/mol. The number of nitrogens with two attached hydrogens (primary N) is 1. The van der Waals surface area contributed by atoms with E-state index in [0.717, 1.165) is 28.5 Å². The summed E-state index contributed by atoms with van der Waals surface area (Å²) in [4.78, 5) is 4.38. The molecule has 5 heteroatoms. The molecule has 1 heterocycles. The number of thioether (sulfide) groups is 1. The topological polar surface area (TPSA) is 43.8 Å². The number of anilines is 1. The van der Waals surface area contributed by atoms with Crippen molar-refractivity contribution in [2.45, 2.75) is 19.4 Å². The van der Waals surface area contributed by atoms with Crippen LogP contribution in [0.3, 0.4) is 0 Å². The number of nitrogens with zero attached hydrogens (tertiary/aromatic N) is 2. The lowest BCUT2D eigenvalue weighted by atomic mass is 10.3. The second-order valence-electron chi connectivity index (χ2n) is 3.95. The molecule has 17 heavy (non-hydrogen) atoms. The number of benzene rings is 1. The largest absolute Gasteiger partial charge is 0.369 e. The summed E-state index contributed by atoms with van der Waals surface area (Å²) >= 11 is 5.33. The summed E-state index contributed by atoms with van der Waals surface area (Å²) in [6.45, 7) is 0.949. The van der Waals surface area contributed by atoms with E-state index >= 15 is 0 Å². The first kappa shape index (κ1) is 12.8. The Balaban J connectivity index is 2.18. The van der Waals surface area contributed by atoms with Gasteiger partial charge in [0.05, 0.1) is 11.0 Å². The molecule has 0 aliphatic carbocycles. The maximum absolute atomic E-state index is 5.95. The monoisotopic (exact) mass is 313 g/mol. The standard InChI is InChI=1S/C12H16BrN3S/c1-17-7-3-2-6-16-11-5-4-9(13)8-10(11)15-12(16)14/h4-5,8H,2-3,6-7H2,1H3,(H2,14,15). The normalized spacial score (nSPS) is 11.2. The second-order valence-corrected chi connectivity index (χ2v) is 5.86. The molecule has 0 bridgehead atoms. The highest BCUT2D eigenvalue weighted by Crippen LogP contribution is 2.22. The molecule has 0 radical (unpaired) electrons. The number of aryl methyl sites for hydroxylation is 1. The van der Waals surface area contributed by atoms with Crippen molar-refractivity contribution in [3.05, 3.63) is 22.7 Å². The Bertz CT molecular complexity index is 510. The van der Waals surface area contributed by atoms with Crippen molar-refractivity contribution in [1.82, 2.24) is 9.55 Å². The Kier molecular flexibility index (Phi) is 4.34. The average molecular weight is 314 g/mol. The molecule has 0 fully saturated rings. The van der Waals surface area contributed by atoms with E-state index in [0.29, 0.717) is 5.95 Å². The molecular weight excluding hydrogens is 298 g/mol. The van der Waals surface area contributed by atoms with Gasteiger partial charge in [-0.2, -0.15) is 11.8 Å². The number of unbranched alkanes of at least 4 members (excludes halogenated alkanes) is 1. The number of hydrogen-bond donors (Lipinski definition) is 1. The molecular formula is C12H16BrN3S. The van der Waals surface area contributed by atoms with Crippen LogP contribution < -0.4 is 5.73 Å². The fraction of sp³-hybridized carbons (Fsp3) is 0.417. The smallest absolute Gasteiger partial charge is 0.201 e. The summed E-state index contributed by atoms with van der Waals surface area (Å²) in [5, 5.41) is 0. The first-order valence-electron chi connectivity index (χ1n) is 5.62. The van der Waals surface area contributed by atoms with Gasteiger partial charge in [0.2, 0.25) is 5.95 Å². The van der Waals surface area contributed by atoms with Crippen LogP contribution in [0, 0.1) is 0 Å². The molecule has 0 spiro atoms. The molecule has 0 atom stereocenters. The first-order valence-corrected chi connectivity index (χ1v) is 7.81. The van der Waals surface area contributed by atoms with Crippen LogP contribution in [-0.2, 0) is 6.54 Å². The molecule has 2 rings (SSSR count). The molecule has 0 saturated carbocycles. The Morgan fingerprint density at radius 1 is 1.41 bits per heavy atom. The van der Waals surface area contributed by atoms with E-state index in [4.69, 9.17) is 5.73 Å². The highest BCUT2D eigenvalue weighted by molar-refractivity contribution is 9.10. The van der Waals surface area contributed by atoms with Gasteiger partial charge in [-0.25, -0.2) is 4.98 Å². The van der Waals surface area contributed by atoms with E-state index in [9.17, 15) is 0 Å². The van der Waals surface area contributed by atoms with Crippen LogP contribution in [0.4, 0.5) is 5.95 Å². The minimum absolute atomic E-state index is 0.613. The third-order valence-electron chi connectivity index (χ3n) is 2.72. The van der Waals surface area contributed by atoms with Crippen LogP contribution in [0.5, 0.6) is 0 Å². The fourth-order valence-corrected chi connectivity index (χ4v) is 2.71. The van der Waals surface area contributed by atoms with Crippen LogP contribution in [0.25, 0.3) is 11.0 Å². The first-order chi connectivity index (χ1) is 8.22. The third-order valence-corrected chi connectivity index (χ3v) is 3.91. The molecule has 0 saturated heterocycles. The van der Waals surface area contributed by atoms with E-state index in [1.54, 1.807) is 0 Å². The molecule has 1 aromatic carbocycles. The summed E-state index contributed by atoms with van der Waals surface area (Å²) in [6.07, 6.45) is 4.50. The van der Waals surface area contributed by atoms with Gasteiger partial charge in [0.15, 0.2) is 0 Å². The van der Waals surface area contributed by atoms with Gasteiger partial charge in [0.1, 0.15) is 0 Å². The van der Waals surface area contributed by atoms with Crippen LogP contribution in [0.2, 0.25) is 0 Å². The summed E-state index contributed by atoms with van der Waals surface area (Å²) in [5.74, 6) is 1.82. The van der Waals surface area contributed by atoms with Gasteiger partial charge in [-0.05, 0) is 43.0 Å². The van der Waals surface area contributed by atoms with Crippen molar-refractivity contribution in [3.63, 3.8) is 0 Å². The molecule has 0 aliphatic heterocycles. The van der Waals surface area contributed by atoms with Crippen LogP contribution in [0.1, 0.15) is 12.8 Å². The molecule has 2 aromatic rings. The van der Waals surface area contributed by atoms with Gasteiger partial charge in [-0.1, -0.05) is 15.9 Å². The zero-order chi connectivity index (χ0) is 12.3. The van der Waals surface area contributed by atoms with Crippen molar-refractivity contribution in [2.75, 3.05) is 17.7 Å². The third kappa shape index (κ3) is 2.96. The van der Waals surface area contributed by atoms with Gasteiger partial charge >= 0.3 is 0 Å². The predicted octanol–water partition coefficient (Wildman–Crippen LogP) is 3.52. The Hall–Kier alpha value is -0.680. The summed E-state index contributed by atoms with van der Waals surface area (Å²) in [5.41, 5.74) is 8.03. The number of imidazole rings is 1. The Morgan fingerprint density at radius 3 is 3.00 bits per heavy atom. The number of rotatable bonds is 5. The minimum Gasteiger partial charge on any atom is -0.369 e. The second kappa shape index (κ2) is 5.78. The van der Waals surface area contributed by atoms with E-state index in [1.807, 2.05) is 23.9 Å². The van der Waals surface area contributed by atoms with Gasteiger partial charge in [0, 0.05) is 11.0 Å². The highest BCUT2D eigenvalue weighted by Gasteiger charge is 2.07. The molecule has 0 aliphatic rings. The highest BCUT2D eigenvalue weighted by atomic mass is 79.9. The lowest BCUT2D eigenvalue weighted by molar-refractivity contribution is 0.656. The number of nitrogen functional groups attached to an aromatic ring is 1. The fourth-order valence-electron chi connectivity index (χ4n) is 1.87. The van der Waals surface area contributed by atoms with E-state index in [1.165, 1.54) is 12.2 Å². The van der Waals surface area contributed by atoms with Crippen molar-refractivity contribution in [3.8, 4) is 0 Å². The van der Waals surface area contributed by atoms with Crippen LogP contribution >= 0.6 is 27.7 Å². The number of halogens is 1. The van der Waals surface area contributed by atoms with Crippen molar-refractivity contribution >= 4 is 44.7 Å². The van der Waals surface area contributed by atoms with Crippen LogP contribution in [0.15, 0.2) is 22.7 Å². The number of hydrogen-bond acceptors (Lipinski definition) is 3. The Labute approximate surface area is 114 Å². The molecule has 92 valence electrons. The summed E-state index contributed by atoms with van der Waals surface area (Å²) < 4.78 is 3.14. The van der Waals surface area contributed by atoms with Crippen LogP contribution in [-0.4, -0.2) is 21.6 Å². The van der Waals surface area contributed by atoms with E-state index < -0.39 is 0 Å². The minimum atomic E-state index is 0.613. The Morgan fingerprint density at radius 2 is 2.24 bits per heavy atom. The van der Waals surface area contributed by atoms with Crippen molar-refractivity contribution < 1.29 is 0 Å². The average Bonchev–Trinajstić information content (AvgIpc) is 2.60. The molecule has 0 unspecified atom stereocenters. The van der Waals surface area contributed by atoms with Gasteiger partial charge < -0.3 is 10.3 Å². The zero-order valence-corrected chi connectivity index (χ0v) is 12.2. The number of aromatic nitrogens is 2. The molecule has 1 aromatic heterocycles. The lowest BCUT2D eigenvalue weighted by Gasteiger charge is -2.05. The van der Waals surface area contributed by atoms with E-state index in [-0.39, 0.29) is 0 Å². The van der Waals surface area contributed by atoms with Gasteiger partial charge in [-0.15, -0.1) is 0 Å². The summed E-state index contributed by atoms with van der Waals surface area (Å²) in [6, 6.07) is 6.10. The van der Waals surface area contributed by atoms with Gasteiger partial charge in [0.25, 0.3) is 0 Å². The lowest BCUT2D eigenvalue weighted by Crippen LogP contribution is -2.03. The maximum atomic E-state index is 5.95. The zero-order valence-electron chi connectivity index (χ0n) is 9.82. The SMILES string of the molecule is CSCCCCn1c(N)nc2cc(Br)ccc21. The number of fused-ring (bicyclic) bond motifs is 1. The van der Waals surface area contributed by atoms with Crippen molar-refractivity contribution in [1.29, 1.82) is 0 Å². The maximum Gasteiger partial charge on any atom is 0.201 e.